The second kappa shape index (κ2) is 7.65. The van der Waals surface area contributed by atoms with E-state index in [0.29, 0.717) is 11.3 Å². The number of nitrogens with one attached hydrogen (secondary N) is 2. The lowest BCUT2D eigenvalue weighted by atomic mass is 10.1. The van der Waals surface area contributed by atoms with Crippen LogP contribution in [0.25, 0.3) is 11.3 Å². The van der Waals surface area contributed by atoms with E-state index in [1.165, 1.54) is 7.11 Å². The zero-order valence-corrected chi connectivity index (χ0v) is 16.3. The van der Waals surface area contributed by atoms with Gasteiger partial charge >= 0.3 is 5.97 Å². The first-order valence-electron chi connectivity index (χ1n) is 8.27. The number of nitrogens with two attached hydrogens (primary N) is 1. The van der Waals surface area contributed by atoms with Gasteiger partial charge in [-0.2, -0.15) is 5.10 Å². The van der Waals surface area contributed by atoms with Gasteiger partial charge in [-0.3, -0.25) is 14.7 Å². The molecular formula is C19H18N4O4S. The minimum absolute atomic E-state index is 0.105. The third-order valence-corrected chi connectivity index (χ3v) is 5.38. The number of carbonyl (C=O) groups excluding carboxylic acids is 3. The van der Waals surface area contributed by atoms with Crippen LogP contribution in [0.15, 0.2) is 30.3 Å². The highest BCUT2D eigenvalue weighted by atomic mass is 32.1. The predicted molar refractivity (Wildman–Crippen MR) is 106 cm³/mol. The number of anilines is 1. The lowest BCUT2D eigenvalue weighted by Crippen LogP contribution is -2.14. The van der Waals surface area contributed by atoms with Crippen LogP contribution in [0.2, 0.25) is 0 Å². The maximum absolute atomic E-state index is 12.6. The van der Waals surface area contributed by atoms with E-state index < -0.39 is 17.8 Å². The van der Waals surface area contributed by atoms with Crippen molar-refractivity contribution in [2.24, 2.45) is 5.73 Å². The number of esters is 1. The number of aromatic nitrogens is 2. The molecule has 0 saturated carbocycles. The van der Waals surface area contributed by atoms with Gasteiger partial charge in [-0.25, -0.2) is 4.79 Å². The molecule has 28 heavy (non-hydrogen) atoms. The molecule has 144 valence electrons. The van der Waals surface area contributed by atoms with Gasteiger partial charge in [-0.05, 0) is 25.5 Å². The number of amides is 2. The highest BCUT2D eigenvalue weighted by molar-refractivity contribution is 7.18. The molecule has 0 aliphatic rings. The highest BCUT2D eigenvalue weighted by Crippen LogP contribution is 2.33. The molecule has 2 heterocycles. The Morgan fingerprint density at radius 2 is 1.86 bits per heavy atom. The number of ether oxygens (including phenoxy) is 1. The summed E-state index contributed by atoms with van der Waals surface area (Å²) in [5.74, 6) is -1.86. The summed E-state index contributed by atoms with van der Waals surface area (Å²) >= 11 is 0.924. The van der Waals surface area contributed by atoms with Gasteiger partial charge < -0.3 is 15.8 Å². The molecule has 0 atom stereocenters. The Morgan fingerprint density at radius 3 is 2.46 bits per heavy atom. The van der Waals surface area contributed by atoms with E-state index in [2.05, 4.69) is 15.5 Å². The summed E-state index contributed by atoms with van der Waals surface area (Å²) in [6, 6.07) is 9.32. The average molecular weight is 398 g/mol. The number of H-pyrrole nitrogens is 1. The summed E-state index contributed by atoms with van der Waals surface area (Å²) in [6.45, 7) is 3.56. The Morgan fingerprint density at radius 1 is 1.18 bits per heavy atom. The van der Waals surface area contributed by atoms with Crippen LogP contribution in [0.5, 0.6) is 0 Å². The number of methoxy groups -OCH3 is 1. The van der Waals surface area contributed by atoms with Gasteiger partial charge in [0.1, 0.15) is 10.7 Å². The van der Waals surface area contributed by atoms with E-state index in [0.717, 1.165) is 22.5 Å². The molecule has 0 radical (unpaired) electrons. The Balaban J connectivity index is 1.89. The molecule has 0 spiro atoms. The molecule has 3 aromatic rings. The van der Waals surface area contributed by atoms with Crippen LogP contribution in [-0.2, 0) is 4.74 Å². The minimum Gasteiger partial charge on any atom is -0.465 e. The van der Waals surface area contributed by atoms with Crippen LogP contribution < -0.4 is 11.1 Å². The Kier molecular flexibility index (Phi) is 5.27. The van der Waals surface area contributed by atoms with E-state index in [4.69, 9.17) is 10.5 Å². The number of thiophene rings is 1. The molecule has 4 N–H and O–H groups in total. The van der Waals surface area contributed by atoms with Crippen molar-refractivity contribution in [2.45, 2.75) is 13.8 Å². The maximum Gasteiger partial charge on any atom is 0.341 e. The number of rotatable bonds is 5. The van der Waals surface area contributed by atoms with E-state index in [9.17, 15) is 14.4 Å². The first kappa shape index (κ1) is 19.3. The Labute approximate surface area is 164 Å². The third-order valence-electron chi connectivity index (χ3n) is 4.16. The lowest BCUT2D eigenvalue weighted by molar-refractivity contribution is 0.0601. The summed E-state index contributed by atoms with van der Waals surface area (Å²) in [5, 5.41) is 9.66. The van der Waals surface area contributed by atoms with Gasteiger partial charge in [0.2, 0.25) is 0 Å². The number of aromatic amines is 1. The van der Waals surface area contributed by atoms with Crippen molar-refractivity contribution in [3.05, 3.63) is 57.6 Å². The fourth-order valence-corrected chi connectivity index (χ4v) is 3.71. The largest absolute Gasteiger partial charge is 0.465 e. The molecular weight excluding hydrogens is 380 g/mol. The van der Waals surface area contributed by atoms with E-state index >= 15 is 0 Å². The number of benzene rings is 1. The average Bonchev–Trinajstić information content (AvgIpc) is 3.27. The van der Waals surface area contributed by atoms with Gasteiger partial charge in [-0.1, -0.05) is 29.8 Å². The SMILES string of the molecule is COC(=O)c1c(NC(=O)c2cc(-c3ccc(C)cc3)n[nH]2)sc(C(N)=O)c1C. The van der Waals surface area contributed by atoms with Crippen molar-refractivity contribution < 1.29 is 19.1 Å². The van der Waals surface area contributed by atoms with Crippen LogP contribution in [-0.4, -0.2) is 35.1 Å². The van der Waals surface area contributed by atoms with Crippen molar-refractivity contribution in [3.63, 3.8) is 0 Å². The Bertz CT molecular complexity index is 1070. The molecule has 0 saturated heterocycles. The minimum atomic E-state index is -0.684. The maximum atomic E-state index is 12.6. The first-order chi connectivity index (χ1) is 13.3. The van der Waals surface area contributed by atoms with Gasteiger partial charge in [0.25, 0.3) is 11.8 Å². The number of hydrogen-bond donors (Lipinski definition) is 3. The van der Waals surface area contributed by atoms with E-state index in [1.807, 2.05) is 31.2 Å². The van der Waals surface area contributed by atoms with Crippen LogP contribution in [0, 0.1) is 13.8 Å². The molecule has 2 aromatic heterocycles. The molecule has 8 nitrogen and oxygen atoms in total. The molecule has 1 aromatic carbocycles. The summed E-state index contributed by atoms with van der Waals surface area (Å²) in [7, 11) is 1.22. The van der Waals surface area contributed by atoms with Crippen molar-refractivity contribution in [2.75, 3.05) is 12.4 Å². The van der Waals surface area contributed by atoms with E-state index in [1.54, 1.807) is 13.0 Å². The highest BCUT2D eigenvalue weighted by Gasteiger charge is 2.26. The van der Waals surface area contributed by atoms with Crippen molar-refractivity contribution in [3.8, 4) is 11.3 Å². The molecule has 0 bridgehead atoms. The number of hydrogen-bond acceptors (Lipinski definition) is 6. The normalized spacial score (nSPS) is 10.5. The van der Waals surface area contributed by atoms with Crippen LogP contribution in [0.4, 0.5) is 5.00 Å². The zero-order chi connectivity index (χ0) is 20.4. The second-order valence-electron chi connectivity index (χ2n) is 6.10. The number of carbonyl (C=O) groups is 3. The summed E-state index contributed by atoms with van der Waals surface area (Å²) < 4.78 is 4.75. The molecule has 0 fully saturated rings. The fourth-order valence-electron chi connectivity index (χ4n) is 2.67. The van der Waals surface area contributed by atoms with Crippen molar-refractivity contribution in [1.82, 2.24) is 10.2 Å². The number of aryl methyl sites for hydroxylation is 1. The lowest BCUT2D eigenvalue weighted by Gasteiger charge is -2.04. The Hall–Kier alpha value is -3.46. The molecule has 9 heteroatoms. The molecule has 0 aliphatic carbocycles. The van der Waals surface area contributed by atoms with Gasteiger partial charge in [0.05, 0.1) is 23.2 Å². The predicted octanol–water partition coefficient (Wildman–Crippen LogP) is 2.89. The van der Waals surface area contributed by atoms with Crippen LogP contribution in [0.1, 0.15) is 41.6 Å². The van der Waals surface area contributed by atoms with Gasteiger partial charge in [0.15, 0.2) is 0 Å². The van der Waals surface area contributed by atoms with Crippen molar-refractivity contribution in [1.29, 1.82) is 0 Å². The van der Waals surface area contributed by atoms with E-state index in [-0.39, 0.29) is 21.1 Å². The number of primary amides is 1. The van der Waals surface area contributed by atoms with Gasteiger partial charge in [-0.15, -0.1) is 11.3 Å². The summed E-state index contributed by atoms with van der Waals surface area (Å²) in [5.41, 5.74) is 8.61. The monoisotopic (exact) mass is 398 g/mol. The molecule has 0 unspecified atom stereocenters. The quantitative estimate of drug-likeness (QED) is 0.570. The third kappa shape index (κ3) is 3.65. The molecule has 2 amide bonds. The first-order valence-corrected chi connectivity index (χ1v) is 9.08. The zero-order valence-electron chi connectivity index (χ0n) is 15.5. The topological polar surface area (TPSA) is 127 Å². The van der Waals surface area contributed by atoms with Crippen LogP contribution in [0.3, 0.4) is 0 Å². The van der Waals surface area contributed by atoms with Crippen molar-refractivity contribution >= 4 is 34.1 Å². The molecule has 3 rings (SSSR count). The van der Waals surface area contributed by atoms with Gasteiger partial charge in [0, 0.05) is 5.56 Å². The smallest absolute Gasteiger partial charge is 0.341 e. The second-order valence-corrected chi connectivity index (χ2v) is 7.12. The fraction of sp³-hybridized carbons (Fsp3) is 0.158. The summed E-state index contributed by atoms with van der Waals surface area (Å²) in [4.78, 5) is 36.5. The van der Waals surface area contributed by atoms with Crippen LogP contribution >= 0.6 is 11.3 Å². The molecule has 0 aliphatic heterocycles. The summed E-state index contributed by atoms with van der Waals surface area (Å²) in [6.07, 6.45) is 0. The number of nitrogens with zero attached hydrogens (tertiary/aromatic N) is 1. The standard InChI is InChI=1S/C19H18N4O4S/c1-9-4-6-11(7-5-9)12-8-13(23-22-12)17(25)21-18-14(19(26)27-3)10(2)15(28-18)16(20)24/h4-8H,1-3H3,(H2,20,24)(H,21,25)(H,22,23).